The normalized spacial score (nSPS) is 16.6. The first-order valence-electron chi connectivity index (χ1n) is 14.0. The van der Waals surface area contributed by atoms with Gasteiger partial charge in [0.05, 0.1) is 23.8 Å². The maximum absolute atomic E-state index is 15.9. The first-order valence-corrected chi connectivity index (χ1v) is 14.0. The molecule has 5 rings (SSSR count). The molecule has 0 saturated carbocycles. The third-order valence-electron chi connectivity index (χ3n) is 7.89. The van der Waals surface area contributed by atoms with Crippen molar-refractivity contribution >= 4 is 40.0 Å². The van der Waals surface area contributed by atoms with Gasteiger partial charge in [-0.15, -0.1) is 0 Å². The molecule has 0 spiro atoms. The highest BCUT2D eigenvalue weighted by Gasteiger charge is 2.54. The molecule has 3 aromatic carbocycles. The summed E-state index contributed by atoms with van der Waals surface area (Å²) in [6, 6.07) is 12.1. The van der Waals surface area contributed by atoms with Crippen LogP contribution in [0.1, 0.15) is 35.3 Å². The summed E-state index contributed by atoms with van der Waals surface area (Å²) in [5.74, 6) is -5.24. The van der Waals surface area contributed by atoms with Crippen LogP contribution in [0.15, 0.2) is 72.6 Å². The van der Waals surface area contributed by atoms with Gasteiger partial charge in [0.25, 0.3) is 11.8 Å². The Hall–Kier alpha value is -5.85. The average molecular weight is 630 g/mol. The lowest BCUT2D eigenvalue weighted by molar-refractivity contribution is -0.134. The van der Waals surface area contributed by atoms with E-state index >= 15 is 4.39 Å². The minimum Gasteiger partial charge on any atom is -0.496 e. The van der Waals surface area contributed by atoms with Crippen molar-refractivity contribution in [3.05, 3.63) is 101 Å². The number of hydrogen-bond donors (Lipinski definition) is 3. The monoisotopic (exact) mass is 629 g/mol. The molecule has 0 saturated heterocycles. The van der Waals surface area contributed by atoms with Gasteiger partial charge < -0.3 is 31.6 Å². The van der Waals surface area contributed by atoms with Crippen LogP contribution in [-0.4, -0.2) is 53.1 Å². The van der Waals surface area contributed by atoms with Crippen LogP contribution >= 0.6 is 0 Å². The Labute approximate surface area is 261 Å². The summed E-state index contributed by atoms with van der Waals surface area (Å²) in [6.07, 6.45) is 1.41. The van der Waals surface area contributed by atoms with Crippen LogP contribution < -0.4 is 26.7 Å². The van der Waals surface area contributed by atoms with Crippen molar-refractivity contribution in [2.24, 2.45) is 17.2 Å². The molecule has 11 nitrogen and oxygen atoms in total. The lowest BCUT2D eigenvalue weighted by atomic mass is 9.69. The molecule has 236 valence electrons. The van der Waals surface area contributed by atoms with Gasteiger partial charge in [-0.1, -0.05) is 18.2 Å². The first kappa shape index (κ1) is 31.6. The van der Waals surface area contributed by atoms with Crippen LogP contribution in [0.3, 0.4) is 0 Å². The number of ether oxygens (including phenoxy) is 2. The van der Waals surface area contributed by atoms with Crippen LogP contribution in [0.25, 0.3) is 16.5 Å². The highest BCUT2D eigenvalue weighted by Crippen LogP contribution is 2.42. The summed E-state index contributed by atoms with van der Waals surface area (Å²) in [6.45, 7) is 3.00. The molecule has 4 aromatic rings. The molecule has 2 heterocycles. The van der Waals surface area contributed by atoms with Gasteiger partial charge in [0.2, 0.25) is 5.91 Å². The zero-order valence-corrected chi connectivity index (χ0v) is 25.0. The molecule has 3 amide bonds. The zero-order chi connectivity index (χ0) is 33.5. The van der Waals surface area contributed by atoms with Crippen molar-refractivity contribution in [3.8, 4) is 17.2 Å². The summed E-state index contributed by atoms with van der Waals surface area (Å²) in [4.78, 5) is 58.0. The molecule has 0 fully saturated rings. The standard InChI is InChI=1S/C33H29F2N5O6/c1-16(2)40-15-33(32(38)44,29(41)27(28(40)31(37)43)17-4-7-19(34)8-5-17)18-6-9-25(22(35)12-18)46-24-10-11-39-23-14-26(45-3)21(30(36)42)13-20(23)24/h4-14,16H,15H2,1-3H3,(H2,36,42)(H2,37,43)(H2,38,44). The first-order chi connectivity index (χ1) is 21.8. The number of ketones is 1. The number of aromatic nitrogens is 1. The Morgan fingerprint density at radius 2 is 1.61 bits per heavy atom. The minimum atomic E-state index is -2.18. The summed E-state index contributed by atoms with van der Waals surface area (Å²) in [7, 11) is 1.37. The van der Waals surface area contributed by atoms with Crippen LogP contribution in [0.5, 0.6) is 17.2 Å². The molecule has 13 heteroatoms. The zero-order valence-electron chi connectivity index (χ0n) is 25.0. The van der Waals surface area contributed by atoms with E-state index in [0.717, 1.165) is 18.2 Å². The minimum absolute atomic E-state index is 0.0536. The number of benzene rings is 3. The highest BCUT2D eigenvalue weighted by atomic mass is 19.1. The van der Waals surface area contributed by atoms with Crippen molar-refractivity contribution in [2.75, 3.05) is 13.7 Å². The third kappa shape index (κ3) is 5.25. The molecule has 1 aliphatic rings. The number of Topliss-reactive ketones (excluding diaryl/α,β-unsaturated/α-hetero) is 1. The molecule has 0 aliphatic carbocycles. The number of primary amides is 3. The predicted molar refractivity (Wildman–Crippen MR) is 164 cm³/mol. The molecule has 6 N–H and O–H groups in total. The highest BCUT2D eigenvalue weighted by molar-refractivity contribution is 6.36. The van der Waals surface area contributed by atoms with Crippen molar-refractivity contribution < 1.29 is 37.4 Å². The van der Waals surface area contributed by atoms with Gasteiger partial charge in [0, 0.05) is 30.2 Å². The summed E-state index contributed by atoms with van der Waals surface area (Å²) < 4.78 is 40.8. The van der Waals surface area contributed by atoms with Gasteiger partial charge >= 0.3 is 0 Å². The fourth-order valence-electron chi connectivity index (χ4n) is 5.58. The predicted octanol–water partition coefficient (Wildman–Crippen LogP) is 3.33. The molecular weight excluding hydrogens is 600 g/mol. The number of fused-ring (bicyclic) bond motifs is 1. The number of carbonyl (C=O) groups is 4. The van der Waals surface area contributed by atoms with Crippen LogP contribution in [0, 0.1) is 11.6 Å². The van der Waals surface area contributed by atoms with E-state index in [1.165, 1.54) is 60.7 Å². The second kappa shape index (κ2) is 11.9. The van der Waals surface area contributed by atoms with E-state index in [0.29, 0.717) is 10.9 Å². The number of nitrogens with two attached hydrogens (primary N) is 3. The smallest absolute Gasteiger partial charge is 0.265 e. The van der Waals surface area contributed by atoms with Gasteiger partial charge in [-0.25, -0.2) is 8.78 Å². The maximum atomic E-state index is 15.9. The fraction of sp³-hybridized carbons (Fsp3) is 0.182. The number of allylic oxidation sites excluding steroid dienone is 1. The second-order valence-corrected chi connectivity index (χ2v) is 10.9. The Kier molecular flexibility index (Phi) is 8.18. The van der Waals surface area contributed by atoms with Crippen LogP contribution in [-0.2, 0) is 19.8 Å². The van der Waals surface area contributed by atoms with Crippen molar-refractivity contribution in [2.45, 2.75) is 25.3 Å². The topological polar surface area (TPSA) is 181 Å². The van der Waals surface area contributed by atoms with Gasteiger partial charge in [0.15, 0.2) is 22.8 Å². The van der Waals surface area contributed by atoms with Gasteiger partial charge in [0.1, 0.15) is 23.0 Å². The van der Waals surface area contributed by atoms with Crippen LogP contribution in [0.4, 0.5) is 8.78 Å². The van der Waals surface area contributed by atoms with E-state index in [2.05, 4.69) is 4.98 Å². The number of halogens is 2. The molecule has 46 heavy (non-hydrogen) atoms. The van der Waals surface area contributed by atoms with E-state index in [1.54, 1.807) is 13.8 Å². The van der Waals surface area contributed by atoms with Crippen molar-refractivity contribution in [1.82, 2.24) is 9.88 Å². The lowest BCUT2D eigenvalue weighted by Crippen LogP contribution is -2.60. The van der Waals surface area contributed by atoms with E-state index in [4.69, 9.17) is 26.7 Å². The number of hydrogen-bond acceptors (Lipinski definition) is 8. The van der Waals surface area contributed by atoms with Gasteiger partial charge in [-0.2, -0.15) is 0 Å². The largest absolute Gasteiger partial charge is 0.496 e. The van der Waals surface area contributed by atoms with E-state index < -0.39 is 53.1 Å². The third-order valence-corrected chi connectivity index (χ3v) is 7.89. The number of amides is 3. The SMILES string of the molecule is COc1cc2nccc(Oc3ccc(C4(C(N)=O)CN(C(C)C)C(C(N)=O)=C(c5ccc(F)cc5)C4=O)cc3F)c2cc1C(N)=O. The van der Waals surface area contributed by atoms with E-state index in [1.807, 2.05) is 0 Å². The summed E-state index contributed by atoms with van der Waals surface area (Å²) in [5.41, 5.74) is 15.0. The fourth-order valence-corrected chi connectivity index (χ4v) is 5.58. The van der Waals surface area contributed by atoms with E-state index in [9.17, 15) is 23.6 Å². The molecule has 0 radical (unpaired) electrons. The molecule has 1 aliphatic heterocycles. The number of nitrogens with zero attached hydrogens (tertiary/aromatic N) is 2. The molecule has 1 unspecified atom stereocenters. The lowest BCUT2D eigenvalue weighted by Gasteiger charge is -2.44. The summed E-state index contributed by atoms with van der Waals surface area (Å²) >= 11 is 0. The Balaban J connectivity index is 1.64. The number of pyridine rings is 1. The number of carbonyl (C=O) groups excluding carboxylic acids is 4. The second-order valence-electron chi connectivity index (χ2n) is 10.9. The van der Waals surface area contributed by atoms with Crippen molar-refractivity contribution in [1.29, 1.82) is 0 Å². The quantitative estimate of drug-likeness (QED) is 0.236. The molecule has 1 atom stereocenters. The maximum Gasteiger partial charge on any atom is 0.265 e. The molecule has 1 aromatic heterocycles. The van der Waals surface area contributed by atoms with E-state index in [-0.39, 0.29) is 45.2 Å². The molecular formula is C33H29F2N5O6. The van der Waals surface area contributed by atoms with Gasteiger partial charge in [-0.05, 0) is 61.4 Å². The van der Waals surface area contributed by atoms with Crippen molar-refractivity contribution in [3.63, 3.8) is 0 Å². The summed E-state index contributed by atoms with van der Waals surface area (Å²) in [5, 5.41) is 0.331. The molecule has 0 bridgehead atoms. The Morgan fingerprint density at radius 1 is 0.913 bits per heavy atom. The number of rotatable bonds is 9. The number of methoxy groups -OCH3 is 1. The Morgan fingerprint density at radius 3 is 2.17 bits per heavy atom. The van der Waals surface area contributed by atoms with Gasteiger partial charge in [-0.3, -0.25) is 24.2 Å². The van der Waals surface area contributed by atoms with Crippen LogP contribution in [0.2, 0.25) is 0 Å². The average Bonchev–Trinajstić information content (AvgIpc) is 3.01. The Bertz CT molecular complexity index is 1960.